The van der Waals surface area contributed by atoms with E-state index < -0.39 is 0 Å². The minimum absolute atomic E-state index is 0.743. The van der Waals surface area contributed by atoms with Gasteiger partial charge in [-0.15, -0.1) is 11.3 Å². The summed E-state index contributed by atoms with van der Waals surface area (Å²) in [4.78, 5) is 5.41. The van der Waals surface area contributed by atoms with Crippen molar-refractivity contribution in [3.63, 3.8) is 0 Å². The highest BCUT2D eigenvalue weighted by Crippen LogP contribution is 2.13. The third-order valence-corrected chi connectivity index (χ3v) is 3.53. The Bertz CT molecular complexity index is 322. The zero-order valence-electron chi connectivity index (χ0n) is 8.18. The maximum absolute atomic E-state index is 5.11. The molecule has 0 unspecified atom stereocenters. The normalized spacial score (nSPS) is 10.7. The molecule has 15 heavy (non-hydrogen) atoms. The molecule has 3 nitrogen and oxygen atoms in total. The van der Waals surface area contributed by atoms with Gasteiger partial charge in [0.15, 0.2) is 0 Å². The molecule has 0 aliphatic rings. The molecule has 0 spiro atoms. The van der Waals surface area contributed by atoms with E-state index in [0.29, 0.717) is 0 Å². The molecule has 0 saturated carbocycles. The van der Waals surface area contributed by atoms with E-state index in [-0.39, 0.29) is 0 Å². The van der Waals surface area contributed by atoms with E-state index in [1.165, 1.54) is 4.88 Å². The first-order valence-corrected chi connectivity index (χ1v) is 6.57. The smallest absolute Gasteiger partial charge is 0.255 e. The lowest BCUT2D eigenvalue weighted by Crippen LogP contribution is -2.15. The van der Waals surface area contributed by atoms with Gasteiger partial charge in [0.1, 0.15) is 6.26 Å². The fourth-order valence-corrected chi connectivity index (χ4v) is 2.47. The van der Waals surface area contributed by atoms with Crippen molar-refractivity contribution in [1.82, 2.24) is 10.3 Å². The van der Waals surface area contributed by atoms with Gasteiger partial charge >= 0.3 is 0 Å². The molecule has 0 bridgehead atoms. The van der Waals surface area contributed by atoms with E-state index in [0.717, 1.165) is 24.1 Å². The lowest BCUT2D eigenvalue weighted by molar-refractivity contribution is 0.454. The van der Waals surface area contributed by atoms with Gasteiger partial charge in [0, 0.05) is 23.7 Å². The van der Waals surface area contributed by atoms with Crippen LogP contribution in [0.15, 0.2) is 39.6 Å². The van der Waals surface area contributed by atoms with Gasteiger partial charge in [-0.25, -0.2) is 4.98 Å². The summed E-state index contributed by atoms with van der Waals surface area (Å²) in [6.45, 7) is 1.91. The Labute approximate surface area is 96.9 Å². The largest absolute Gasteiger partial charge is 0.440 e. The van der Waals surface area contributed by atoms with Gasteiger partial charge in [-0.2, -0.15) is 0 Å². The van der Waals surface area contributed by atoms with Crippen molar-refractivity contribution in [3.8, 4) is 0 Å². The Balaban J connectivity index is 1.56. The highest BCUT2D eigenvalue weighted by molar-refractivity contribution is 7.99. The standard InChI is InChI=1S/C10H12N2OS2/c1-2-9(14-6-1)8-11-4-7-15-10-12-3-5-13-10/h1-3,5-6,11H,4,7-8H2. The van der Waals surface area contributed by atoms with Crippen LogP contribution in [0.2, 0.25) is 0 Å². The summed E-state index contributed by atoms with van der Waals surface area (Å²) in [5.74, 6) is 0.978. The highest BCUT2D eigenvalue weighted by Gasteiger charge is 1.97. The van der Waals surface area contributed by atoms with Gasteiger partial charge in [0.2, 0.25) is 0 Å². The molecule has 0 fully saturated rings. The van der Waals surface area contributed by atoms with Crippen molar-refractivity contribution < 1.29 is 4.42 Å². The van der Waals surface area contributed by atoms with Gasteiger partial charge in [-0.05, 0) is 11.4 Å². The van der Waals surface area contributed by atoms with Crippen molar-refractivity contribution in [2.75, 3.05) is 12.3 Å². The van der Waals surface area contributed by atoms with E-state index in [4.69, 9.17) is 4.42 Å². The molecule has 0 aliphatic carbocycles. The van der Waals surface area contributed by atoms with Crippen LogP contribution in [0.4, 0.5) is 0 Å². The zero-order valence-corrected chi connectivity index (χ0v) is 9.81. The lowest BCUT2D eigenvalue weighted by Gasteiger charge is -2.00. The number of nitrogens with one attached hydrogen (secondary N) is 1. The first kappa shape index (κ1) is 10.7. The van der Waals surface area contributed by atoms with Crippen molar-refractivity contribution in [1.29, 1.82) is 0 Å². The molecular weight excluding hydrogens is 228 g/mol. The molecule has 2 aromatic rings. The second kappa shape index (κ2) is 5.95. The Hall–Kier alpha value is -0.780. The first-order chi connectivity index (χ1) is 7.45. The number of hydrogen-bond acceptors (Lipinski definition) is 5. The van der Waals surface area contributed by atoms with E-state index in [9.17, 15) is 0 Å². The average Bonchev–Trinajstić information content (AvgIpc) is 2.88. The van der Waals surface area contributed by atoms with Gasteiger partial charge in [-0.1, -0.05) is 17.8 Å². The fourth-order valence-electron chi connectivity index (χ4n) is 1.12. The summed E-state index contributed by atoms with van der Waals surface area (Å²) in [5.41, 5.74) is 0. The van der Waals surface area contributed by atoms with Crippen LogP contribution in [0.1, 0.15) is 4.88 Å². The number of thioether (sulfide) groups is 1. The fraction of sp³-hybridized carbons (Fsp3) is 0.300. The number of aromatic nitrogens is 1. The number of nitrogens with zero attached hydrogens (tertiary/aromatic N) is 1. The molecule has 2 rings (SSSR count). The van der Waals surface area contributed by atoms with Crippen molar-refractivity contribution in [2.24, 2.45) is 0 Å². The third kappa shape index (κ3) is 3.70. The summed E-state index contributed by atoms with van der Waals surface area (Å²) >= 11 is 3.41. The van der Waals surface area contributed by atoms with Crippen LogP contribution in [0.25, 0.3) is 0 Å². The van der Waals surface area contributed by atoms with Crippen LogP contribution in [0.5, 0.6) is 0 Å². The Morgan fingerprint density at radius 3 is 3.27 bits per heavy atom. The van der Waals surface area contributed by atoms with Crippen molar-refractivity contribution in [3.05, 3.63) is 34.8 Å². The van der Waals surface area contributed by atoms with Gasteiger partial charge < -0.3 is 9.73 Å². The summed E-state index contributed by atoms with van der Waals surface area (Å²) in [7, 11) is 0. The molecule has 5 heteroatoms. The van der Waals surface area contributed by atoms with Crippen molar-refractivity contribution >= 4 is 23.1 Å². The predicted octanol–water partition coefficient (Wildman–Crippen LogP) is 2.62. The number of hydrogen-bond donors (Lipinski definition) is 1. The second-order valence-electron chi connectivity index (χ2n) is 2.90. The minimum Gasteiger partial charge on any atom is -0.440 e. The Kier molecular flexibility index (Phi) is 4.25. The van der Waals surface area contributed by atoms with Crippen LogP contribution in [-0.4, -0.2) is 17.3 Å². The number of rotatable bonds is 6. The summed E-state index contributed by atoms with van der Waals surface area (Å²) in [5, 5.41) is 6.21. The zero-order chi connectivity index (χ0) is 10.3. The SMILES string of the molecule is c1csc(CNCCSc2ncco2)c1. The molecule has 80 valence electrons. The molecule has 0 atom stereocenters. The topological polar surface area (TPSA) is 38.1 Å². The van der Waals surface area contributed by atoms with Crippen molar-refractivity contribution in [2.45, 2.75) is 11.8 Å². The molecule has 2 heterocycles. The monoisotopic (exact) mass is 240 g/mol. The summed E-state index contributed by atoms with van der Waals surface area (Å²) < 4.78 is 5.11. The first-order valence-electron chi connectivity index (χ1n) is 4.70. The lowest BCUT2D eigenvalue weighted by atomic mass is 10.4. The number of thiophene rings is 1. The van der Waals surface area contributed by atoms with E-state index in [2.05, 4.69) is 27.8 Å². The molecule has 0 saturated heterocycles. The minimum atomic E-state index is 0.743. The second-order valence-corrected chi connectivity index (χ2v) is 4.98. The Morgan fingerprint density at radius 2 is 2.53 bits per heavy atom. The summed E-state index contributed by atoms with van der Waals surface area (Å²) in [6.07, 6.45) is 3.27. The molecular formula is C10H12N2OS2. The summed E-state index contributed by atoms with van der Waals surface area (Å²) in [6, 6.07) is 4.21. The van der Waals surface area contributed by atoms with Gasteiger partial charge in [-0.3, -0.25) is 0 Å². The molecule has 0 amide bonds. The third-order valence-electron chi connectivity index (χ3n) is 1.79. The van der Waals surface area contributed by atoms with Gasteiger partial charge in [0.05, 0.1) is 6.20 Å². The van der Waals surface area contributed by atoms with Crippen LogP contribution >= 0.6 is 23.1 Å². The van der Waals surface area contributed by atoms with Gasteiger partial charge in [0.25, 0.3) is 5.22 Å². The van der Waals surface area contributed by atoms with Crippen LogP contribution in [-0.2, 0) is 6.54 Å². The quantitative estimate of drug-likeness (QED) is 0.622. The van der Waals surface area contributed by atoms with Crippen LogP contribution in [0.3, 0.4) is 0 Å². The average molecular weight is 240 g/mol. The Morgan fingerprint density at radius 1 is 1.53 bits per heavy atom. The molecule has 0 radical (unpaired) electrons. The molecule has 0 aliphatic heterocycles. The molecule has 2 aromatic heterocycles. The number of oxazole rings is 1. The van der Waals surface area contributed by atoms with Crippen LogP contribution in [0, 0.1) is 0 Å². The predicted molar refractivity (Wildman–Crippen MR) is 63.3 cm³/mol. The molecule has 0 aromatic carbocycles. The molecule has 1 N–H and O–H groups in total. The van der Waals surface area contributed by atoms with Crippen LogP contribution < -0.4 is 5.32 Å². The maximum atomic E-state index is 5.11. The highest BCUT2D eigenvalue weighted by atomic mass is 32.2. The van der Waals surface area contributed by atoms with E-state index >= 15 is 0 Å². The van der Waals surface area contributed by atoms with E-state index in [1.807, 2.05) is 0 Å². The maximum Gasteiger partial charge on any atom is 0.255 e. The van der Waals surface area contributed by atoms with E-state index in [1.54, 1.807) is 35.6 Å².